The van der Waals surface area contributed by atoms with E-state index in [4.69, 9.17) is 21.5 Å². The number of hydrogen-bond donors (Lipinski definition) is 0. The fraction of sp³-hybridized carbons (Fsp3) is 0.193. The van der Waals surface area contributed by atoms with Crippen molar-refractivity contribution in [3.8, 4) is 56.4 Å². The van der Waals surface area contributed by atoms with Gasteiger partial charge in [-0.1, -0.05) is 158 Å². The second kappa shape index (κ2) is 13.0. The third-order valence-corrected chi connectivity index (χ3v) is 15.4. The summed E-state index contributed by atoms with van der Waals surface area (Å²) in [6.07, 6.45) is 6.62. The molecule has 4 nitrogen and oxygen atoms in total. The molecule has 14 rings (SSSR count). The highest BCUT2D eigenvalue weighted by Crippen LogP contribution is 2.71. The lowest BCUT2D eigenvalue weighted by molar-refractivity contribution is -0.0440. The Morgan fingerprint density at radius 1 is 0.393 bits per heavy atom. The van der Waals surface area contributed by atoms with Crippen molar-refractivity contribution < 1.29 is 0 Å². The summed E-state index contributed by atoms with van der Waals surface area (Å²) in [6.45, 7) is 7.43. The highest BCUT2D eigenvalue weighted by atomic mass is 15.0. The van der Waals surface area contributed by atoms with Crippen LogP contribution in [0.15, 0.2) is 170 Å². The number of benzene rings is 7. The molecule has 1 heterocycles. The lowest BCUT2D eigenvalue weighted by Gasteiger charge is -2.65. The molecule has 4 bridgehead atoms. The van der Waals surface area contributed by atoms with E-state index in [1.165, 1.54) is 71.0 Å². The monoisotopic (exact) mass is 782 g/mol. The van der Waals surface area contributed by atoms with E-state index in [0.717, 1.165) is 39.7 Å². The topological polar surface area (TPSA) is 43.0 Å². The van der Waals surface area contributed by atoms with Gasteiger partial charge in [0.25, 0.3) is 0 Å². The first-order valence-corrected chi connectivity index (χ1v) is 22.0. The summed E-state index contributed by atoms with van der Waals surface area (Å²) in [6, 6.07) is 61.8. The van der Waals surface area contributed by atoms with Crippen LogP contribution in [0.5, 0.6) is 0 Å². The van der Waals surface area contributed by atoms with Gasteiger partial charge in [-0.2, -0.15) is 0 Å². The fourth-order valence-corrected chi connectivity index (χ4v) is 13.4. The van der Waals surface area contributed by atoms with Gasteiger partial charge in [0.15, 0.2) is 23.2 Å². The Morgan fingerprint density at radius 2 is 0.885 bits per heavy atom. The Balaban J connectivity index is 1.07. The minimum Gasteiger partial charge on any atom is -0.238 e. The number of aromatic nitrogens is 3. The first kappa shape index (κ1) is 34.9. The van der Waals surface area contributed by atoms with Crippen molar-refractivity contribution in [2.45, 2.75) is 42.9 Å². The van der Waals surface area contributed by atoms with Gasteiger partial charge in [-0.25, -0.2) is 19.8 Å². The van der Waals surface area contributed by atoms with E-state index >= 15 is 0 Å². The summed E-state index contributed by atoms with van der Waals surface area (Å²) < 4.78 is 0. The molecule has 0 amide bonds. The molecule has 0 saturated heterocycles. The third-order valence-electron chi connectivity index (χ3n) is 15.4. The maximum atomic E-state index is 7.43. The smallest absolute Gasteiger partial charge is 0.187 e. The first-order chi connectivity index (χ1) is 30.1. The molecule has 1 aromatic heterocycles. The molecular formula is C57H42N4. The molecule has 0 atom stereocenters. The average Bonchev–Trinajstić information content (AvgIpc) is 3.62. The zero-order valence-corrected chi connectivity index (χ0v) is 33.8. The van der Waals surface area contributed by atoms with E-state index in [1.54, 1.807) is 5.56 Å². The van der Waals surface area contributed by atoms with Gasteiger partial charge < -0.3 is 0 Å². The molecule has 0 unspecified atom stereocenters. The summed E-state index contributed by atoms with van der Waals surface area (Å²) in [7, 11) is 0. The van der Waals surface area contributed by atoms with Crippen molar-refractivity contribution in [1.82, 2.24) is 15.0 Å². The van der Waals surface area contributed by atoms with E-state index in [-0.39, 0.29) is 5.41 Å². The molecule has 8 aromatic rings. The number of fused-ring (bicyclic) bond motifs is 9. The molecule has 4 saturated carbocycles. The van der Waals surface area contributed by atoms with Crippen molar-refractivity contribution in [3.05, 3.63) is 215 Å². The Morgan fingerprint density at radius 3 is 1.52 bits per heavy atom. The highest BCUT2D eigenvalue weighted by Gasteiger charge is 2.64. The van der Waals surface area contributed by atoms with Crippen LogP contribution in [0.2, 0.25) is 0 Å². The van der Waals surface area contributed by atoms with Crippen LogP contribution in [0.1, 0.15) is 65.5 Å². The number of rotatable bonds is 4. The lowest BCUT2D eigenvalue weighted by Crippen LogP contribution is -2.59. The predicted molar refractivity (Wildman–Crippen MR) is 243 cm³/mol. The molecule has 6 aliphatic carbocycles. The van der Waals surface area contributed by atoms with Crippen molar-refractivity contribution in [2.75, 3.05) is 0 Å². The van der Waals surface area contributed by atoms with Crippen LogP contribution in [0.3, 0.4) is 0 Å². The van der Waals surface area contributed by atoms with Crippen molar-refractivity contribution in [1.29, 1.82) is 0 Å². The molecule has 0 aliphatic heterocycles. The fourth-order valence-electron chi connectivity index (χ4n) is 13.4. The van der Waals surface area contributed by atoms with Crippen LogP contribution in [0, 0.1) is 30.2 Å². The largest absolute Gasteiger partial charge is 0.238 e. The van der Waals surface area contributed by atoms with Gasteiger partial charge in [0.2, 0.25) is 0 Å². The molecule has 6 aliphatic rings. The summed E-state index contributed by atoms with van der Waals surface area (Å²) in [5.41, 5.74) is 16.5. The van der Waals surface area contributed by atoms with Gasteiger partial charge >= 0.3 is 0 Å². The Bertz CT molecular complexity index is 3050. The Hall–Kier alpha value is -6.96. The van der Waals surface area contributed by atoms with Crippen LogP contribution in [-0.2, 0) is 10.8 Å². The van der Waals surface area contributed by atoms with Gasteiger partial charge in [-0.05, 0) is 124 Å². The maximum Gasteiger partial charge on any atom is 0.187 e. The molecule has 290 valence electrons. The minimum atomic E-state index is -0.440. The van der Waals surface area contributed by atoms with E-state index in [0.29, 0.717) is 35.0 Å². The molecule has 0 N–H and O–H groups in total. The number of nitrogens with zero attached hydrogens (tertiary/aromatic N) is 4. The van der Waals surface area contributed by atoms with Crippen LogP contribution >= 0.6 is 0 Å². The summed E-state index contributed by atoms with van der Waals surface area (Å²) in [5, 5.41) is 0. The summed E-state index contributed by atoms with van der Waals surface area (Å²) in [5.74, 6) is 4.83. The Labute approximate surface area is 356 Å². The zero-order chi connectivity index (χ0) is 40.3. The van der Waals surface area contributed by atoms with E-state index in [9.17, 15) is 0 Å². The second-order valence-electron chi connectivity index (χ2n) is 18.2. The van der Waals surface area contributed by atoms with Crippen LogP contribution in [0.25, 0.3) is 61.3 Å². The average molecular weight is 783 g/mol. The predicted octanol–water partition coefficient (Wildman–Crippen LogP) is 13.5. The normalized spacial score (nSPS) is 22.9. The van der Waals surface area contributed by atoms with Crippen molar-refractivity contribution in [2.24, 2.45) is 23.7 Å². The van der Waals surface area contributed by atoms with E-state index in [1.807, 2.05) is 30.3 Å². The lowest BCUT2D eigenvalue weighted by atomic mass is 9.38. The zero-order valence-electron chi connectivity index (χ0n) is 33.8. The van der Waals surface area contributed by atoms with Crippen LogP contribution in [0.4, 0.5) is 5.69 Å². The SMILES string of the molecule is [C-]#[N+]c1ccc(-c2cccc(-c3nc(-c4ccccc4)nc(-c4ccc5c(c4)C4(c6ccccc6C56c5ccccc5-c5ccccc56)C5CC6CC(C5)CC4C6)n3)c2)cc1. The highest BCUT2D eigenvalue weighted by molar-refractivity contribution is 5.89. The van der Waals surface area contributed by atoms with E-state index < -0.39 is 5.41 Å². The molecular weight excluding hydrogens is 741 g/mol. The van der Waals surface area contributed by atoms with E-state index in [2.05, 4.69) is 144 Å². The van der Waals surface area contributed by atoms with Crippen molar-refractivity contribution in [3.63, 3.8) is 0 Å². The third kappa shape index (κ3) is 4.84. The van der Waals surface area contributed by atoms with Gasteiger partial charge in [0.1, 0.15) is 0 Å². The van der Waals surface area contributed by atoms with Gasteiger partial charge in [-0.15, -0.1) is 0 Å². The number of hydrogen-bond acceptors (Lipinski definition) is 3. The van der Waals surface area contributed by atoms with Gasteiger partial charge in [0.05, 0.1) is 12.0 Å². The molecule has 61 heavy (non-hydrogen) atoms. The second-order valence-corrected chi connectivity index (χ2v) is 18.2. The minimum absolute atomic E-state index is 0.0949. The van der Waals surface area contributed by atoms with Crippen LogP contribution < -0.4 is 0 Å². The molecule has 4 fully saturated rings. The molecule has 2 spiro atoms. The first-order valence-electron chi connectivity index (χ1n) is 22.0. The molecule has 0 radical (unpaired) electrons. The molecule has 4 heteroatoms. The van der Waals surface area contributed by atoms with Crippen LogP contribution in [-0.4, -0.2) is 15.0 Å². The van der Waals surface area contributed by atoms with Gasteiger partial charge in [0, 0.05) is 22.1 Å². The van der Waals surface area contributed by atoms with Crippen molar-refractivity contribution >= 4 is 5.69 Å². The maximum absolute atomic E-state index is 7.43. The molecule has 7 aromatic carbocycles. The quantitative estimate of drug-likeness (QED) is 0.167. The summed E-state index contributed by atoms with van der Waals surface area (Å²) in [4.78, 5) is 19.5. The standard InChI is InChI=1S/C57H42N4/c1-58-44-25-22-37(23-26-44)39-14-11-15-40(33-39)54-59-53(38-12-3-2-4-13-38)60-55(61-54)41-24-27-51-52(34-41)56(42-29-35-28-36(31-42)32-43(56)30-35)49-20-9-10-21-50(49)57(51)47-18-7-5-16-45(47)46-17-6-8-19-48(46)57/h2-27,33-36,42-43H,28-32H2. The van der Waals surface area contributed by atoms with Gasteiger partial charge in [-0.3, -0.25) is 0 Å². The Kier molecular flexibility index (Phi) is 7.44. The summed E-state index contributed by atoms with van der Waals surface area (Å²) >= 11 is 0.